The van der Waals surface area contributed by atoms with Gasteiger partial charge in [0.2, 0.25) is 0 Å². The van der Waals surface area contributed by atoms with Crippen molar-refractivity contribution in [3.8, 4) is 0 Å². The molecule has 1 saturated heterocycles. The third-order valence-corrected chi connectivity index (χ3v) is 2.87. The van der Waals surface area contributed by atoms with Crippen molar-refractivity contribution in [2.75, 3.05) is 19.8 Å². The zero-order valence-corrected chi connectivity index (χ0v) is 10.3. The Labute approximate surface area is 93.5 Å². The Balaban J connectivity index is 2.32. The SMILES string of the molecule is CCCNC(COCC)C1CCC(C)O1. The van der Waals surface area contributed by atoms with Gasteiger partial charge in [-0.1, -0.05) is 6.92 Å². The van der Waals surface area contributed by atoms with Gasteiger partial charge in [-0.2, -0.15) is 0 Å². The van der Waals surface area contributed by atoms with Crippen LogP contribution in [0.2, 0.25) is 0 Å². The molecule has 0 radical (unpaired) electrons. The van der Waals surface area contributed by atoms with E-state index in [1.807, 2.05) is 6.92 Å². The van der Waals surface area contributed by atoms with E-state index < -0.39 is 0 Å². The molecule has 1 aliphatic rings. The quantitative estimate of drug-likeness (QED) is 0.704. The zero-order valence-electron chi connectivity index (χ0n) is 10.3. The second kappa shape index (κ2) is 7.20. The molecule has 1 N–H and O–H groups in total. The highest BCUT2D eigenvalue weighted by molar-refractivity contribution is 4.82. The van der Waals surface area contributed by atoms with Crippen LogP contribution >= 0.6 is 0 Å². The van der Waals surface area contributed by atoms with E-state index in [4.69, 9.17) is 9.47 Å². The van der Waals surface area contributed by atoms with Gasteiger partial charge in [-0.25, -0.2) is 0 Å². The van der Waals surface area contributed by atoms with Crippen LogP contribution in [0.25, 0.3) is 0 Å². The monoisotopic (exact) mass is 215 g/mol. The van der Waals surface area contributed by atoms with Crippen LogP contribution in [0.1, 0.15) is 40.0 Å². The Morgan fingerprint density at radius 3 is 2.73 bits per heavy atom. The molecule has 0 aromatic heterocycles. The highest BCUT2D eigenvalue weighted by atomic mass is 16.5. The molecule has 1 heterocycles. The number of hydrogen-bond donors (Lipinski definition) is 1. The molecule has 3 atom stereocenters. The van der Waals surface area contributed by atoms with Crippen molar-refractivity contribution in [1.29, 1.82) is 0 Å². The summed E-state index contributed by atoms with van der Waals surface area (Å²) in [4.78, 5) is 0. The molecule has 0 aromatic rings. The first-order chi connectivity index (χ1) is 7.27. The molecule has 0 bridgehead atoms. The van der Waals surface area contributed by atoms with Crippen molar-refractivity contribution >= 4 is 0 Å². The van der Waals surface area contributed by atoms with Crippen LogP contribution in [0.15, 0.2) is 0 Å². The molecule has 1 aliphatic heterocycles. The lowest BCUT2D eigenvalue weighted by Gasteiger charge is -2.24. The van der Waals surface area contributed by atoms with E-state index in [1.165, 1.54) is 6.42 Å². The minimum absolute atomic E-state index is 0.345. The van der Waals surface area contributed by atoms with Gasteiger partial charge in [0.25, 0.3) is 0 Å². The van der Waals surface area contributed by atoms with E-state index in [0.29, 0.717) is 18.2 Å². The highest BCUT2D eigenvalue weighted by Crippen LogP contribution is 2.21. The van der Waals surface area contributed by atoms with E-state index >= 15 is 0 Å². The van der Waals surface area contributed by atoms with Gasteiger partial charge in [-0.15, -0.1) is 0 Å². The molecule has 3 unspecified atom stereocenters. The first-order valence-electron chi connectivity index (χ1n) is 6.24. The lowest BCUT2D eigenvalue weighted by molar-refractivity contribution is 0.00377. The summed E-state index contributed by atoms with van der Waals surface area (Å²) in [5.41, 5.74) is 0. The lowest BCUT2D eigenvalue weighted by Crippen LogP contribution is -2.43. The maximum absolute atomic E-state index is 5.88. The van der Waals surface area contributed by atoms with Crippen LogP contribution < -0.4 is 5.32 Å². The molecule has 0 spiro atoms. The van der Waals surface area contributed by atoms with Crippen molar-refractivity contribution in [3.63, 3.8) is 0 Å². The molecule has 90 valence electrons. The normalized spacial score (nSPS) is 28.2. The Morgan fingerprint density at radius 1 is 1.40 bits per heavy atom. The number of hydrogen-bond acceptors (Lipinski definition) is 3. The number of ether oxygens (including phenoxy) is 2. The van der Waals surface area contributed by atoms with Gasteiger partial charge in [0.1, 0.15) is 0 Å². The van der Waals surface area contributed by atoms with Crippen molar-refractivity contribution in [2.24, 2.45) is 0 Å². The molecule has 3 heteroatoms. The maximum atomic E-state index is 5.88. The van der Waals surface area contributed by atoms with Crippen LogP contribution in [-0.2, 0) is 9.47 Å². The highest BCUT2D eigenvalue weighted by Gasteiger charge is 2.29. The minimum atomic E-state index is 0.345. The van der Waals surface area contributed by atoms with Crippen LogP contribution in [0, 0.1) is 0 Å². The maximum Gasteiger partial charge on any atom is 0.0755 e. The largest absolute Gasteiger partial charge is 0.380 e. The molecule has 3 nitrogen and oxygen atoms in total. The van der Waals surface area contributed by atoms with Gasteiger partial charge in [0.15, 0.2) is 0 Å². The second-order valence-electron chi connectivity index (χ2n) is 4.28. The fourth-order valence-corrected chi connectivity index (χ4v) is 2.00. The minimum Gasteiger partial charge on any atom is -0.380 e. The predicted octanol–water partition coefficient (Wildman–Crippen LogP) is 1.96. The fraction of sp³-hybridized carbons (Fsp3) is 1.00. The molecule has 0 saturated carbocycles. The first-order valence-corrected chi connectivity index (χ1v) is 6.24. The van der Waals surface area contributed by atoms with Gasteiger partial charge >= 0.3 is 0 Å². The summed E-state index contributed by atoms with van der Waals surface area (Å²) in [7, 11) is 0. The van der Waals surface area contributed by atoms with E-state index in [-0.39, 0.29) is 0 Å². The Bertz CT molecular complexity index is 156. The summed E-state index contributed by atoms with van der Waals surface area (Å²) in [5.74, 6) is 0. The number of rotatable bonds is 7. The summed E-state index contributed by atoms with van der Waals surface area (Å²) in [5, 5.41) is 3.52. The summed E-state index contributed by atoms with van der Waals surface area (Å²) >= 11 is 0. The Morgan fingerprint density at radius 2 is 2.20 bits per heavy atom. The van der Waals surface area contributed by atoms with Gasteiger partial charge < -0.3 is 14.8 Å². The molecule has 1 rings (SSSR count). The third-order valence-electron chi connectivity index (χ3n) is 2.87. The predicted molar refractivity (Wildman–Crippen MR) is 62.1 cm³/mol. The van der Waals surface area contributed by atoms with Crippen molar-refractivity contribution < 1.29 is 9.47 Å². The average Bonchev–Trinajstić information content (AvgIpc) is 2.65. The van der Waals surface area contributed by atoms with Crippen molar-refractivity contribution in [1.82, 2.24) is 5.32 Å². The summed E-state index contributed by atoms with van der Waals surface area (Å²) in [6, 6.07) is 0.370. The standard InChI is InChI=1S/C12H25NO2/c1-4-8-13-11(9-14-5-2)12-7-6-10(3)15-12/h10-13H,4-9H2,1-3H3. The third kappa shape index (κ3) is 4.49. The van der Waals surface area contributed by atoms with Crippen LogP contribution in [0.5, 0.6) is 0 Å². The average molecular weight is 215 g/mol. The van der Waals surface area contributed by atoms with Crippen molar-refractivity contribution in [3.05, 3.63) is 0 Å². The summed E-state index contributed by atoms with van der Waals surface area (Å²) < 4.78 is 11.4. The topological polar surface area (TPSA) is 30.5 Å². The molecule has 15 heavy (non-hydrogen) atoms. The lowest BCUT2D eigenvalue weighted by atomic mass is 10.1. The smallest absolute Gasteiger partial charge is 0.0755 e. The molecular weight excluding hydrogens is 190 g/mol. The first kappa shape index (κ1) is 12.9. The van der Waals surface area contributed by atoms with Crippen LogP contribution in [-0.4, -0.2) is 38.0 Å². The van der Waals surface area contributed by atoms with Crippen LogP contribution in [0.3, 0.4) is 0 Å². The summed E-state index contributed by atoms with van der Waals surface area (Å²) in [6.45, 7) is 8.97. The van der Waals surface area contributed by atoms with E-state index in [9.17, 15) is 0 Å². The number of nitrogens with one attached hydrogen (secondary N) is 1. The second-order valence-corrected chi connectivity index (χ2v) is 4.28. The van der Waals surface area contributed by atoms with E-state index in [1.54, 1.807) is 0 Å². The van der Waals surface area contributed by atoms with Gasteiger partial charge in [-0.3, -0.25) is 0 Å². The fourth-order valence-electron chi connectivity index (χ4n) is 2.00. The van der Waals surface area contributed by atoms with Gasteiger partial charge in [-0.05, 0) is 39.7 Å². The molecular formula is C12H25NO2. The molecule has 1 fully saturated rings. The molecule has 0 aromatic carbocycles. The van der Waals surface area contributed by atoms with E-state index in [2.05, 4.69) is 19.2 Å². The van der Waals surface area contributed by atoms with Gasteiger partial charge in [0, 0.05) is 6.61 Å². The van der Waals surface area contributed by atoms with Gasteiger partial charge in [0.05, 0.1) is 24.9 Å². The van der Waals surface area contributed by atoms with E-state index in [0.717, 1.165) is 32.6 Å². The summed E-state index contributed by atoms with van der Waals surface area (Å²) in [6.07, 6.45) is 4.27. The Hall–Kier alpha value is -0.120. The Kier molecular flexibility index (Phi) is 6.22. The van der Waals surface area contributed by atoms with Crippen molar-refractivity contribution in [2.45, 2.75) is 58.3 Å². The molecule has 0 aliphatic carbocycles. The zero-order chi connectivity index (χ0) is 11.1. The van der Waals surface area contributed by atoms with Crippen LogP contribution in [0.4, 0.5) is 0 Å². The molecule has 0 amide bonds.